The summed E-state index contributed by atoms with van der Waals surface area (Å²) in [5, 5.41) is 0. The van der Waals surface area contributed by atoms with Gasteiger partial charge in [0, 0.05) is 0 Å². The summed E-state index contributed by atoms with van der Waals surface area (Å²) in [7, 11) is 0. The minimum Gasteiger partial charge on any atom is -0.445 e. The Morgan fingerprint density at radius 1 is 1.29 bits per heavy atom. The highest BCUT2D eigenvalue weighted by Crippen LogP contribution is 2.49. The van der Waals surface area contributed by atoms with Crippen molar-refractivity contribution in [2.24, 2.45) is 0 Å². The van der Waals surface area contributed by atoms with Gasteiger partial charge in [-0.1, -0.05) is 26.0 Å². The van der Waals surface area contributed by atoms with Crippen LogP contribution in [0.5, 0.6) is 5.75 Å². The molecule has 78 valence electrons. The molecule has 0 N–H and O–H groups in total. The van der Waals surface area contributed by atoms with E-state index in [1.165, 1.54) is 0 Å². The molecule has 0 amide bonds. The summed E-state index contributed by atoms with van der Waals surface area (Å²) in [4.78, 5) is 0. The Balaban J connectivity index is 3.03. The number of rotatable bonds is 3. The Bertz CT molecular complexity index is 313. The molecule has 0 aliphatic carbocycles. The Labute approximate surface area is 95.8 Å². The first-order valence-electron chi connectivity index (χ1n) is 4.41. The van der Waals surface area contributed by atoms with Gasteiger partial charge in [-0.3, -0.25) is 0 Å². The van der Waals surface area contributed by atoms with Crippen LogP contribution in [0.3, 0.4) is 0 Å². The normalized spacial score (nSPS) is 11.1. The van der Waals surface area contributed by atoms with Gasteiger partial charge in [-0.15, -0.1) is 0 Å². The molecule has 0 radical (unpaired) electrons. The second-order valence-corrected chi connectivity index (χ2v) is 6.44. The van der Waals surface area contributed by atoms with Crippen LogP contribution in [0.1, 0.15) is 30.9 Å². The maximum atomic E-state index is 5.65. The monoisotopic (exact) mass is 250 g/mol. The van der Waals surface area contributed by atoms with Gasteiger partial charge in [-0.25, -0.2) is 0 Å². The van der Waals surface area contributed by atoms with E-state index >= 15 is 0 Å². The van der Waals surface area contributed by atoms with Crippen molar-refractivity contribution in [2.75, 3.05) is 0 Å². The zero-order chi connectivity index (χ0) is 10.7. The fraction of sp³-hybridized carbons (Fsp3) is 0.400. The molecule has 1 aromatic carbocycles. The zero-order valence-electron chi connectivity index (χ0n) is 8.42. The molecule has 0 saturated carbocycles. The summed E-state index contributed by atoms with van der Waals surface area (Å²) in [6.07, 6.45) is 0. The molecular weight excluding hydrogens is 238 g/mol. The van der Waals surface area contributed by atoms with E-state index in [0.29, 0.717) is 5.92 Å². The van der Waals surface area contributed by atoms with Crippen molar-refractivity contribution in [3.8, 4) is 5.75 Å². The molecule has 0 aliphatic rings. The predicted molar refractivity (Wildman–Crippen MR) is 64.5 cm³/mol. The highest BCUT2D eigenvalue weighted by Gasteiger charge is 2.11. The fourth-order valence-corrected chi connectivity index (χ4v) is 2.02. The number of hydrogen-bond acceptors (Lipinski definition) is 1. The number of halogens is 2. The predicted octanol–water partition coefficient (Wildman–Crippen LogP) is 5.20. The standard InChI is InChI=1S/C10H13Cl2OP/c1-7(2)9-5-4-8(3)6-10(9)13-14(11)12/h4-7H,1-3H3. The van der Waals surface area contributed by atoms with Gasteiger partial charge in [0.25, 0.3) is 6.85 Å². The van der Waals surface area contributed by atoms with Crippen molar-refractivity contribution in [3.05, 3.63) is 29.3 Å². The fourth-order valence-electron chi connectivity index (χ4n) is 1.27. The highest BCUT2D eigenvalue weighted by molar-refractivity contribution is 8.00. The SMILES string of the molecule is Cc1ccc(C(C)C)c(OP(Cl)Cl)c1. The molecule has 4 heteroatoms. The molecule has 0 bridgehead atoms. The van der Waals surface area contributed by atoms with Gasteiger partial charge in [-0.2, -0.15) is 0 Å². The maximum absolute atomic E-state index is 5.65. The summed E-state index contributed by atoms with van der Waals surface area (Å²) in [5.74, 6) is 1.21. The molecule has 1 nitrogen and oxygen atoms in total. The van der Waals surface area contributed by atoms with Crippen molar-refractivity contribution < 1.29 is 4.52 Å². The van der Waals surface area contributed by atoms with E-state index in [1.807, 2.05) is 13.0 Å². The Morgan fingerprint density at radius 3 is 2.43 bits per heavy atom. The van der Waals surface area contributed by atoms with Crippen LogP contribution in [0.2, 0.25) is 0 Å². The lowest BCUT2D eigenvalue weighted by Crippen LogP contribution is -1.92. The molecule has 14 heavy (non-hydrogen) atoms. The summed E-state index contributed by atoms with van der Waals surface area (Å²) in [6, 6.07) is 6.09. The van der Waals surface area contributed by atoms with Gasteiger partial charge in [0.05, 0.1) is 0 Å². The maximum Gasteiger partial charge on any atom is 0.284 e. The lowest BCUT2D eigenvalue weighted by molar-refractivity contribution is 0.616. The van der Waals surface area contributed by atoms with Gasteiger partial charge in [-0.05, 0) is 52.5 Å². The number of hydrogen-bond donors (Lipinski definition) is 0. The first-order valence-corrected chi connectivity index (χ1v) is 7.48. The molecule has 0 unspecified atom stereocenters. The molecule has 0 spiro atoms. The smallest absolute Gasteiger partial charge is 0.284 e. The Kier molecular flexibility index (Phi) is 4.50. The van der Waals surface area contributed by atoms with E-state index in [1.54, 1.807) is 0 Å². The summed E-state index contributed by atoms with van der Waals surface area (Å²) in [6.45, 7) is 4.86. The third kappa shape index (κ3) is 3.31. The summed E-state index contributed by atoms with van der Waals surface area (Å²) in [5.41, 5.74) is 2.29. The summed E-state index contributed by atoms with van der Waals surface area (Å²) < 4.78 is 5.38. The van der Waals surface area contributed by atoms with Gasteiger partial charge < -0.3 is 4.52 Å². The van der Waals surface area contributed by atoms with Crippen LogP contribution in [-0.2, 0) is 0 Å². The molecule has 1 rings (SSSR count). The second kappa shape index (κ2) is 5.21. The molecule has 0 atom stereocenters. The summed E-state index contributed by atoms with van der Waals surface area (Å²) >= 11 is 11.3. The molecular formula is C10H13Cl2OP. The van der Waals surface area contributed by atoms with Crippen LogP contribution in [0.4, 0.5) is 0 Å². The number of aryl methyl sites for hydroxylation is 1. The van der Waals surface area contributed by atoms with Crippen LogP contribution >= 0.6 is 29.3 Å². The molecule has 0 aromatic heterocycles. The van der Waals surface area contributed by atoms with Gasteiger partial charge in [0.2, 0.25) is 0 Å². The van der Waals surface area contributed by atoms with Crippen LogP contribution in [0, 0.1) is 6.92 Å². The van der Waals surface area contributed by atoms with Crippen LogP contribution in [-0.4, -0.2) is 0 Å². The highest BCUT2D eigenvalue weighted by atomic mass is 35.9. The van der Waals surface area contributed by atoms with Gasteiger partial charge in [0.15, 0.2) is 0 Å². The average molecular weight is 251 g/mol. The Morgan fingerprint density at radius 2 is 1.93 bits per heavy atom. The molecule has 0 heterocycles. The van der Waals surface area contributed by atoms with Crippen molar-refractivity contribution >= 4 is 29.3 Å². The van der Waals surface area contributed by atoms with Crippen LogP contribution in [0.25, 0.3) is 0 Å². The molecule has 0 saturated heterocycles. The minimum absolute atomic E-state index is 0.411. The van der Waals surface area contributed by atoms with Crippen molar-refractivity contribution in [1.29, 1.82) is 0 Å². The van der Waals surface area contributed by atoms with E-state index in [0.717, 1.165) is 16.9 Å². The van der Waals surface area contributed by atoms with Crippen molar-refractivity contribution in [3.63, 3.8) is 0 Å². The van der Waals surface area contributed by atoms with E-state index in [-0.39, 0.29) is 0 Å². The van der Waals surface area contributed by atoms with Crippen LogP contribution in [0.15, 0.2) is 18.2 Å². The van der Waals surface area contributed by atoms with Crippen molar-refractivity contribution in [2.45, 2.75) is 26.7 Å². The van der Waals surface area contributed by atoms with Gasteiger partial charge >= 0.3 is 0 Å². The molecule has 1 aromatic rings. The number of benzene rings is 1. The van der Waals surface area contributed by atoms with E-state index < -0.39 is 6.85 Å². The van der Waals surface area contributed by atoms with E-state index in [9.17, 15) is 0 Å². The lowest BCUT2D eigenvalue weighted by Gasteiger charge is -2.14. The van der Waals surface area contributed by atoms with E-state index in [4.69, 9.17) is 27.0 Å². The molecule has 0 fully saturated rings. The second-order valence-electron chi connectivity index (χ2n) is 3.49. The topological polar surface area (TPSA) is 9.23 Å². The third-order valence-corrected chi connectivity index (χ3v) is 2.71. The largest absolute Gasteiger partial charge is 0.445 e. The average Bonchev–Trinajstić information content (AvgIpc) is 2.01. The quantitative estimate of drug-likeness (QED) is 0.670. The Hall–Kier alpha value is 0.0300. The first kappa shape index (κ1) is 12.1. The van der Waals surface area contributed by atoms with E-state index in [2.05, 4.69) is 26.0 Å². The van der Waals surface area contributed by atoms with Gasteiger partial charge in [0.1, 0.15) is 5.75 Å². The minimum atomic E-state index is -1.39. The molecule has 0 aliphatic heterocycles. The zero-order valence-corrected chi connectivity index (χ0v) is 10.8. The lowest BCUT2D eigenvalue weighted by atomic mass is 10.0. The van der Waals surface area contributed by atoms with Crippen molar-refractivity contribution in [1.82, 2.24) is 0 Å². The van der Waals surface area contributed by atoms with Crippen LogP contribution < -0.4 is 4.52 Å². The third-order valence-electron chi connectivity index (χ3n) is 1.96. The first-order chi connectivity index (χ1) is 6.50.